The summed E-state index contributed by atoms with van der Waals surface area (Å²) >= 11 is 0. The minimum Gasteiger partial charge on any atom is -0.461 e. The Hall–Kier alpha value is -2.10. The second-order valence-electron chi connectivity index (χ2n) is 4.22. The molecule has 2 aromatic rings. The van der Waals surface area contributed by atoms with Gasteiger partial charge in [-0.15, -0.1) is 0 Å². The van der Waals surface area contributed by atoms with Crippen molar-refractivity contribution in [2.75, 3.05) is 6.61 Å². The monoisotopic (exact) mass is 261 g/mol. The van der Waals surface area contributed by atoms with Crippen LogP contribution in [0.15, 0.2) is 42.5 Å². The number of carbonyl (C=O) groups excluding carboxylic acids is 1. The molecule has 3 nitrogen and oxygen atoms in total. The molecule has 0 unspecified atom stereocenters. The molecule has 0 fully saturated rings. The average molecular weight is 261 g/mol. The lowest BCUT2D eigenvalue weighted by atomic mass is 10.1. The van der Waals surface area contributed by atoms with E-state index in [1.165, 1.54) is 16.7 Å². The molecule has 1 heterocycles. The fourth-order valence-corrected chi connectivity index (χ4v) is 2.07. The largest absolute Gasteiger partial charge is 0.461 e. The molecule has 1 aromatic heterocycles. The normalized spacial score (nSPS) is 12.2. The maximum Gasteiger partial charge on any atom is 0.355 e. The minimum atomic E-state index is -0.505. The first-order chi connectivity index (χ1) is 9.15. The van der Waals surface area contributed by atoms with Gasteiger partial charge in [-0.3, -0.25) is 0 Å². The van der Waals surface area contributed by atoms with Gasteiger partial charge >= 0.3 is 5.97 Å². The molecule has 0 amide bonds. The number of carbonyl (C=O) groups is 1. The second-order valence-corrected chi connectivity index (χ2v) is 4.22. The quantitative estimate of drug-likeness (QED) is 0.790. The fourth-order valence-electron chi connectivity index (χ4n) is 2.07. The summed E-state index contributed by atoms with van der Waals surface area (Å²) in [5.74, 6) is -0.950. The molecular formula is C15H16FNO2. The number of aromatic nitrogens is 1. The van der Waals surface area contributed by atoms with Crippen LogP contribution in [0.25, 0.3) is 0 Å². The standard InChI is InChI=1S/C15H16FNO2/c1-3-19-15(18)13-9-10-14(16)17(13)11(2)12-7-5-4-6-8-12/h4-11H,3H2,1-2H3/t11-/m1/s1. The number of halogens is 1. The van der Waals surface area contributed by atoms with Crippen molar-refractivity contribution < 1.29 is 13.9 Å². The second kappa shape index (κ2) is 5.69. The van der Waals surface area contributed by atoms with E-state index in [2.05, 4.69) is 0 Å². The SMILES string of the molecule is CCOC(=O)c1ccc(F)n1[C@H](C)c1ccccc1. The maximum absolute atomic E-state index is 13.9. The van der Waals surface area contributed by atoms with Crippen LogP contribution >= 0.6 is 0 Å². The van der Waals surface area contributed by atoms with Crippen molar-refractivity contribution in [3.63, 3.8) is 0 Å². The van der Waals surface area contributed by atoms with E-state index < -0.39 is 11.9 Å². The molecule has 0 bridgehead atoms. The molecule has 19 heavy (non-hydrogen) atoms. The molecule has 0 aliphatic heterocycles. The topological polar surface area (TPSA) is 31.2 Å². The Morgan fingerprint density at radius 1 is 1.26 bits per heavy atom. The molecule has 1 aromatic carbocycles. The molecule has 0 saturated heterocycles. The number of nitrogens with zero attached hydrogens (tertiary/aromatic N) is 1. The van der Waals surface area contributed by atoms with Gasteiger partial charge in [0.05, 0.1) is 12.6 Å². The lowest BCUT2D eigenvalue weighted by Gasteiger charge is -2.17. The predicted molar refractivity (Wildman–Crippen MR) is 70.6 cm³/mol. The van der Waals surface area contributed by atoms with E-state index in [1.54, 1.807) is 6.92 Å². The highest BCUT2D eigenvalue weighted by Gasteiger charge is 2.20. The number of hydrogen-bond acceptors (Lipinski definition) is 2. The minimum absolute atomic E-state index is 0.232. The summed E-state index contributed by atoms with van der Waals surface area (Å²) < 4.78 is 20.2. The van der Waals surface area contributed by atoms with Crippen molar-refractivity contribution in [3.05, 3.63) is 59.7 Å². The number of hydrogen-bond donors (Lipinski definition) is 0. The van der Waals surface area contributed by atoms with Crippen LogP contribution in [0.2, 0.25) is 0 Å². The van der Waals surface area contributed by atoms with Gasteiger partial charge < -0.3 is 9.30 Å². The van der Waals surface area contributed by atoms with Gasteiger partial charge in [0, 0.05) is 0 Å². The van der Waals surface area contributed by atoms with Crippen molar-refractivity contribution in [3.8, 4) is 0 Å². The molecule has 0 spiro atoms. The van der Waals surface area contributed by atoms with Gasteiger partial charge in [0.1, 0.15) is 5.69 Å². The molecule has 4 heteroatoms. The third-order valence-electron chi connectivity index (χ3n) is 3.02. The molecule has 0 aliphatic carbocycles. The van der Waals surface area contributed by atoms with Crippen LogP contribution in [0.1, 0.15) is 35.9 Å². The predicted octanol–water partition coefficient (Wildman–Crippen LogP) is 3.41. The smallest absolute Gasteiger partial charge is 0.355 e. The van der Waals surface area contributed by atoms with Gasteiger partial charge in [-0.25, -0.2) is 4.79 Å². The molecule has 0 saturated carbocycles. The zero-order chi connectivity index (χ0) is 13.8. The third-order valence-corrected chi connectivity index (χ3v) is 3.02. The van der Waals surface area contributed by atoms with Gasteiger partial charge in [-0.05, 0) is 31.5 Å². The van der Waals surface area contributed by atoms with E-state index in [9.17, 15) is 9.18 Å². The van der Waals surface area contributed by atoms with Crippen molar-refractivity contribution in [1.29, 1.82) is 0 Å². The van der Waals surface area contributed by atoms with E-state index in [0.717, 1.165) is 5.56 Å². The Balaban J connectivity index is 2.39. The maximum atomic E-state index is 13.9. The fraction of sp³-hybridized carbons (Fsp3) is 0.267. The van der Waals surface area contributed by atoms with Crippen LogP contribution < -0.4 is 0 Å². The number of benzene rings is 1. The van der Waals surface area contributed by atoms with Crippen LogP contribution in [0, 0.1) is 5.95 Å². The summed E-state index contributed by atoms with van der Waals surface area (Å²) in [5.41, 5.74) is 1.17. The van der Waals surface area contributed by atoms with Gasteiger partial charge in [0.2, 0.25) is 0 Å². The first kappa shape index (κ1) is 13.3. The highest BCUT2D eigenvalue weighted by atomic mass is 19.1. The summed E-state index contributed by atoms with van der Waals surface area (Å²) in [7, 11) is 0. The summed E-state index contributed by atoms with van der Waals surface area (Å²) in [6.45, 7) is 3.84. The van der Waals surface area contributed by atoms with Crippen molar-refractivity contribution >= 4 is 5.97 Å². The Labute approximate surface area is 111 Å². The number of esters is 1. The summed E-state index contributed by atoms with van der Waals surface area (Å²) in [6, 6.07) is 11.9. The first-order valence-corrected chi connectivity index (χ1v) is 6.24. The average Bonchev–Trinajstić information content (AvgIpc) is 2.81. The lowest BCUT2D eigenvalue weighted by molar-refractivity contribution is 0.0510. The Kier molecular flexibility index (Phi) is 4.00. The number of rotatable bonds is 4. The van der Waals surface area contributed by atoms with E-state index >= 15 is 0 Å². The molecule has 1 atom stereocenters. The van der Waals surface area contributed by atoms with Crippen LogP contribution in [0.4, 0.5) is 4.39 Å². The third kappa shape index (κ3) is 2.67. The summed E-state index contributed by atoms with van der Waals surface area (Å²) in [5, 5.41) is 0. The van der Waals surface area contributed by atoms with E-state index in [4.69, 9.17) is 4.74 Å². The van der Waals surface area contributed by atoms with E-state index in [1.807, 2.05) is 37.3 Å². The van der Waals surface area contributed by atoms with Crippen LogP contribution in [-0.4, -0.2) is 17.1 Å². The summed E-state index contributed by atoms with van der Waals surface area (Å²) in [4.78, 5) is 11.8. The van der Waals surface area contributed by atoms with Gasteiger partial charge in [0.15, 0.2) is 5.95 Å². The molecule has 100 valence electrons. The molecule has 2 rings (SSSR count). The molecule has 0 aliphatic rings. The van der Waals surface area contributed by atoms with Gasteiger partial charge in [0.25, 0.3) is 0 Å². The van der Waals surface area contributed by atoms with E-state index in [0.29, 0.717) is 0 Å². The molecule has 0 N–H and O–H groups in total. The first-order valence-electron chi connectivity index (χ1n) is 6.24. The molecule has 0 radical (unpaired) electrons. The zero-order valence-electron chi connectivity index (χ0n) is 11.0. The van der Waals surface area contributed by atoms with Gasteiger partial charge in [-0.2, -0.15) is 4.39 Å². The number of ether oxygens (including phenoxy) is 1. The summed E-state index contributed by atoms with van der Waals surface area (Å²) in [6.07, 6.45) is 0. The van der Waals surface area contributed by atoms with E-state index in [-0.39, 0.29) is 18.3 Å². The zero-order valence-corrected chi connectivity index (χ0v) is 11.0. The Morgan fingerprint density at radius 2 is 1.95 bits per heavy atom. The molecular weight excluding hydrogens is 245 g/mol. The van der Waals surface area contributed by atoms with Crippen molar-refractivity contribution in [1.82, 2.24) is 4.57 Å². The lowest BCUT2D eigenvalue weighted by Crippen LogP contribution is -2.17. The highest BCUT2D eigenvalue weighted by molar-refractivity contribution is 5.87. The van der Waals surface area contributed by atoms with Crippen molar-refractivity contribution in [2.45, 2.75) is 19.9 Å². The van der Waals surface area contributed by atoms with Crippen molar-refractivity contribution in [2.24, 2.45) is 0 Å². The van der Waals surface area contributed by atoms with Gasteiger partial charge in [-0.1, -0.05) is 30.3 Å². The van der Waals surface area contributed by atoms with Crippen LogP contribution in [0.3, 0.4) is 0 Å². The Morgan fingerprint density at radius 3 is 2.58 bits per heavy atom. The van der Waals surface area contributed by atoms with Crippen LogP contribution in [-0.2, 0) is 4.74 Å². The Bertz CT molecular complexity index is 563. The van der Waals surface area contributed by atoms with Crippen LogP contribution in [0.5, 0.6) is 0 Å². The highest BCUT2D eigenvalue weighted by Crippen LogP contribution is 2.23.